The van der Waals surface area contributed by atoms with Gasteiger partial charge in [0.05, 0.1) is 68.6 Å². The maximum atomic E-state index is 13.0. The molecule has 2 atom stereocenters. The number of hydrogen-bond acceptors (Lipinski definition) is 14. The number of fused-ring (bicyclic) bond motifs is 12. The predicted molar refractivity (Wildman–Crippen MR) is 252 cm³/mol. The number of aromatic nitrogens is 2. The van der Waals surface area contributed by atoms with Crippen LogP contribution >= 0.6 is 0 Å². The molecule has 0 aliphatic carbocycles. The zero-order valence-electron chi connectivity index (χ0n) is 41.1. The summed E-state index contributed by atoms with van der Waals surface area (Å²) in [5, 5.41) is 14.0. The van der Waals surface area contributed by atoms with Crippen LogP contribution in [-0.2, 0) is 14.2 Å². The van der Waals surface area contributed by atoms with Crippen molar-refractivity contribution in [1.82, 2.24) is 9.35 Å². The normalized spacial score (nSPS) is 17.6. The molecule has 68 heavy (non-hydrogen) atoms. The first kappa shape index (κ1) is 53.5. The third kappa shape index (κ3) is 10.4. The number of hydrogen-bond donors (Lipinski definition) is 1. The molecule has 2 N–H and O–H groups in total. The van der Waals surface area contributed by atoms with E-state index in [1.807, 2.05) is 33.6 Å². The van der Waals surface area contributed by atoms with Crippen molar-refractivity contribution < 1.29 is 72.2 Å². The van der Waals surface area contributed by atoms with E-state index in [0.717, 1.165) is 79.3 Å². The van der Waals surface area contributed by atoms with Gasteiger partial charge in [0.1, 0.15) is 11.1 Å². The van der Waals surface area contributed by atoms with Gasteiger partial charge in [-0.05, 0) is 109 Å². The molecule has 6 heterocycles. The fraction of sp³-hybridized carbons (Fsp3) is 0.520. The van der Waals surface area contributed by atoms with Crippen LogP contribution in [0.1, 0.15) is 130 Å². The number of aromatic carboxylic acids is 1. The van der Waals surface area contributed by atoms with Gasteiger partial charge in [0, 0.05) is 75.9 Å². The maximum Gasteiger partial charge on any atom is 1.00 e. The first-order chi connectivity index (χ1) is 31.6. The molecule has 4 aromatic rings. The van der Waals surface area contributed by atoms with Crippen molar-refractivity contribution in [3.63, 3.8) is 0 Å². The summed E-state index contributed by atoms with van der Waals surface area (Å²) < 4.78 is 42.5. The van der Waals surface area contributed by atoms with E-state index in [1.165, 1.54) is 18.3 Å². The Morgan fingerprint density at radius 1 is 0.647 bits per heavy atom. The minimum Gasteiger partial charge on any atom is -0.870 e. The van der Waals surface area contributed by atoms with Crippen LogP contribution in [0.3, 0.4) is 0 Å². The number of benzene rings is 2. The van der Waals surface area contributed by atoms with E-state index in [9.17, 15) is 24.3 Å². The molecule has 0 spiro atoms. The zero-order chi connectivity index (χ0) is 47.5. The van der Waals surface area contributed by atoms with Gasteiger partial charge >= 0.3 is 30.8 Å². The summed E-state index contributed by atoms with van der Waals surface area (Å²) in [6.45, 7) is 12.9. The summed E-state index contributed by atoms with van der Waals surface area (Å²) in [7, 11) is 6.53. The number of ether oxygens (including phenoxy) is 7. The fourth-order valence-corrected chi connectivity index (χ4v) is 10.0. The van der Waals surface area contributed by atoms with Crippen LogP contribution in [-0.4, -0.2) is 104 Å². The molecule has 0 amide bonds. The maximum absolute atomic E-state index is 13.0. The number of pyridine rings is 2. The van der Waals surface area contributed by atoms with Gasteiger partial charge in [0.15, 0.2) is 33.9 Å². The Kier molecular flexibility index (Phi) is 17.6. The molecule has 17 nitrogen and oxygen atoms in total. The van der Waals surface area contributed by atoms with E-state index in [0.29, 0.717) is 55.1 Å². The molecule has 2 aromatic carbocycles. The van der Waals surface area contributed by atoms with E-state index >= 15 is 0 Å². The first-order valence-electron chi connectivity index (χ1n) is 22.8. The summed E-state index contributed by atoms with van der Waals surface area (Å²) in [4.78, 5) is 49.8. The molecule has 8 rings (SSSR count). The van der Waals surface area contributed by atoms with Crippen LogP contribution in [0.2, 0.25) is 0 Å². The molecule has 2 saturated heterocycles. The average molecular weight is 937 g/mol. The van der Waals surface area contributed by atoms with E-state index in [-0.39, 0.29) is 70.7 Å². The molecular formula is C50H65LiN4O13. The van der Waals surface area contributed by atoms with E-state index in [2.05, 4.69) is 37.7 Å². The van der Waals surface area contributed by atoms with Gasteiger partial charge in [-0.15, -0.1) is 0 Å². The van der Waals surface area contributed by atoms with Crippen molar-refractivity contribution >= 4 is 11.9 Å². The molecule has 2 unspecified atom stereocenters. The van der Waals surface area contributed by atoms with Crippen LogP contribution in [0.25, 0.3) is 22.5 Å². The summed E-state index contributed by atoms with van der Waals surface area (Å²) >= 11 is 0. The Labute approximate surface area is 409 Å². The summed E-state index contributed by atoms with van der Waals surface area (Å²) in [5.41, 5.74) is 3.84. The molecule has 4 aliphatic heterocycles. The van der Waals surface area contributed by atoms with E-state index < -0.39 is 17.4 Å². The third-order valence-corrected chi connectivity index (χ3v) is 13.1. The van der Waals surface area contributed by atoms with Gasteiger partial charge in [-0.25, -0.2) is 9.59 Å². The standard InChI is InChI=1S/C26H34N2O6.C24H30N2O6.Li.H2O/c1-6-33-25(30)19-16-27-21(15-22(19)29)18-13-23(32-5)24(34-12-8-11-31-4)14-17(18)20-9-7-10-26(2,3)28(20)27;1-24(2)8-5-7-18-15-12-22(32-10-6-9-30-3)21(31-4)11-16(15)19-13-20(27)17(23(28)29)14-25(19)26(18)24;;/h13-16,20H,6-12H2,1-5H3;11-14,18H,5-10H2,1-4H3,(H,28,29);;1H2/q;;+1;/p-1. The Hall–Kier alpha value is -5.44. The second kappa shape index (κ2) is 22.3. The predicted octanol–water partition coefficient (Wildman–Crippen LogP) is 4.49. The number of piperidine rings is 2. The molecule has 0 radical (unpaired) electrons. The van der Waals surface area contributed by atoms with Crippen LogP contribution in [0.15, 0.2) is 58.4 Å². The molecule has 2 aromatic heterocycles. The number of esters is 1. The minimum atomic E-state index is -1.22. The molecule has 2 fully saturated rings. The summed E-state index contributed by atoms with van der Waals surface area (Å²) in [5.74, 6) is 0.694. The number of carboxylic acids is 1. The quantitative estimate of drug-likeness (QED) is 0.0993. The Balaban J connectivity index is 0.000000247. The second-order valence-electron chi connectivity index (χ2n) is 18.3. The number of nitrogens with zero attached hydrogens (tertiary/aromatic N) is 4. The third-order valence-electron chi connectivity index (χ3n) is 13.1. The molecule has 0 bridgehead atoms. The Morgan fingerprint density at radius 3 is 1.47 bits per heavy atom. The SMILES string of the molecule is CCOC(=O)c1cn2c(cc1=O)-c1cc(OC)c(OCCCOC)cc1C1CCCC(C)(C)N12.COCCCOc1cc2c(cc1OC)-c1cc(=O)c(C(=O)O)cn1N1C2CCCC1(C)C.[Li+].[OH-]. The summed E-state index contributed by atoms with van der Waals surface area (Å²) in [6.07, 6.45) is 10.6. The van der Waals surface area contributed by atoms with Gasteiger partial charge in [-0.3, -0.25) is 29.0 Å². The molecule has 0 saturated carbocycles. The topological polar surface area (TPSA) is 199 Å². The van der Waals surface area contributed by atoms with Gasteiger partial charge in [0.2, 0.25) is 0 Å². The number of carbonyl (C=O) groups excluding carboxylic acids is 1. The van der Waals surface area contributed by atoms with Crippen molar-refractivity contribution in [3.8, 4) is 45.5 Å². The molecule has 18 heteroatoms. The van der Waals surface area contributed by atoms with Gasteiger partial charge in [-0.1, -0.05) is 0 Å². The second-order valence-corrected chi connectivity index (χ2v) is 18.3. The smallest absolute Gasteiger partial charge is 0.870 e. The van der Waals surface area contributed by atoms with Crippen LogP contribution in [0.4, 0.5) is 0 Å². The zero-order valence-corrected chi connectivity index (χ0v) is 41.1. The van der Waals surface area contributed by atoms with Crippen molar-refractivity contribution in [2.75, 3.05) is 71.5 Å². The first-order valence-corrected chi connectivity index (χ1v) is 22.8. The Bertz CT molecular complexity index is 2570. The molecule has 4 aliphatic rings. The monoisotopic (exact) mass is 936 g/mol. The van der Waals surface area contributed by atoms with Gasteiger partial charge in [-0.2, -0.15) is 0 Å². The van der Waals surface area contributed by atoms with Crippen LogP contribution < -0.4 is 58.7 Å². The van der Waals surface area contributed by atoms with Crippen LogP contribution in [0, 0.1) is 0 Å². The summed E-state index contributed by atoms with van der Waals surface area (Å²) in [6, 6.07) is 10.9. The van der Waals surface area contributed by atoms with Crippen molar-refractivity contribution in [3.05, 3.63) is 91.5 Å². The van der Waals surface area contributed by atoms with Crippen molar-refractivity contribution in [1.29, 1.82) is 0 Å². The van der Waals surface area contributed by atoms with Crippen molar-refractivity contribution in [2.24, 2.45) is 0 Å². The number of carbonyl (C=O) groups is 2. The molecular weight excluding hydrogens is 872 g/mol. The van der Waals surface area contributed by atoms with E-state index in [4.69, 9.17) is 33.2 Å². The number of methoxy groups -OCH3 is 4. The van der Waals surface area contributed by atoms with E-state index in [1.54, 1.807) is 41.6 Å². The van der Waals surface area contributed by atoms with Gasteiger partial charge in [0.25, 0.3) is 0 Å². The largest absolute Gasteiger partial charge is 1.00 e. The number of rotatable bonds is 15. The molecule has 364 valence electrons. The Morgan fingerprint density at radius 2 is 1.07 bits per heavy atom. The van der Waals surface area contributed by atoms with Gasteiger partial charge < -0.3 is 43.7 Å². The van der Waals surface area contributed by atoms with Crippen LogP contribution in [0.5, 0.6) is 23.0 Å². The number of carboxylic acid groups (broad SMARTS) is 1. The fourth-order valence-electron chi connectivity index (χ4n) is 10.0. The van der Waals surface area contributed by atoms with Crippen molar-refractivity contribution in [2.45, 2.75) is 109 Å². The average Bonchev–Trinajstić information content (AvgIpc) is 3.28. The minimum absolute atomic E-state index is 0.